The third kappa shape index (κ3) is 14.9. The molecule has 58 heavy (non-hydrogen) atoms. The normalized spacial score (nSPS) is 36.9. The first kappa shape index (κ1) is 50.9. The third-order valence-corrected chi connectivity index (χ3v) is 10.8. The highest BCUT2D eigenvalue weighted by molar-refractivity contribution is 5.76. The maximum Gasteiger partial charge on any atom is 0.220 e. The summed E-state index contributed by atoms with van der Waals surface area (Å²) in [5.41, 5.74) is 0. The van der Waals surface area contributed by atoms with E-state index >= 15 is 0 Å². The fourth-order valence-corrected chi connectivity index (χ4v) is 7.19. The lowest BCUT2D eigenvalue weighted by atomic mass is 9.96. The highest BCUT2D eigenvalue weighted by Gasteiger charge is 2.53. The Balaban J connectivity index is 1.63. The zero-order valence-electron chi connectivity index (χ0n) is 33.8. The van der Waals surface area contributed by atoms with Gasteiger partial charge in [-0.1, -0.05) is 83.8 Å². The van der Waals surface area contributed by atoms with Crippen LogP contribution in [0.3, 0.4) is 0 Å². The summed E-state index contributed by atoms with van der Waals surface area (Å²) in [7, 11) is 0. The Kier molecular flexibility index (Phi) is 23.5. The van der Waals surface area contributed by atoms with Crippen molar-refractivity contribution in [2.24, 2.45) is 0 Å². The molecule has 3 aliphatic rings. The van der Waals surface area contributed by atoms with Crippen LogP contribution in [0.25, 0.3) is 0 Å². The van der Waals surface area contributed by atoms with Crippen LogP contribution in [0.5, 0.6) is 0 Å². The number of aliphatic hydroxyl groups excluding tert-OH is 11. The number of amides is 1. The molecule has 0 aromatic carbocycles. The van der Waals surface area contributed by atoms with Crippen LogP contribution in [-0.4, -0.2) is 193 Å². The van der Waals surface area contributed by atoms with E-state index in [9.17, 15) is 61.0 Å². The second-order valence-electron chi connectivity index (χ2n) is 15.5. The van der Waals surface area contributed by atoms with E-state index < -0.39 is 124 Å². The van der Waals surface area contributed by atoms with Crippen LogP contribution in [0.15, 0.2) is 12.2 Å². The molecular weight excluding hydrogens is 770 g/mol. The van der Waals surface area contributed by atoms with Gasteiger partial charge in [-0.15, -0.1) is 0 Å². The van der Waals surface area contributed by atoms with Gasteiger partial charge in [0.15, 0.2) is 18.9 Å². The minimum atomic E-state index is -1.97. The van der Waals surface area contributed by atoms with Crippen LogP contribution in [0.2, 0.25) is 0 Å². The molecule has 3 aliphatic heterocycles. The predicted molar refractivity (Wildman–Crippen MR) is 203 cm³/mol. The van der Waals surface area contributed by atoms with E-state index in [1.165, 1.54) is 12.8 Å². The van der Waals surface area contributed by atoms with E-state index in [0.29, 0.717) is 6.42 Å². The summed E-state index contributed by atoms with van der Waals surface area (Å²) < 4.78 is 33.8. The number of nitrogens with one attached hydrogen (secondary N) is 1. The molecule has 1 amide bonds. The molecule has 0 aliphatic carbocycles. The van der Waals surface area contributed by atoms with Gasteiger partial charge in [-0.2, -0.15) is 0 Å². The molecule has 0 bridgehead atoms. The lowest BCUT2D eigenvalue weighted by molar-refractivity contribution is -0.379. The predicted octanol–water partition coefficient (Wildman–Crippen LogP) is -2.04. The molecule has 0 radical (unpaired) electrons. The summed E-state index contributed by atoms with van der Waals surface area (Å²) in [6, 6.07) is -0.959. The van der Waals surface area contributed by atoms with Crippen molar-refractivity contribution < 1.29 is 89.4 Å². The fourth-order valence-electron chi connectivity index (χ4n) is 7.19. The minimum absolute atomic E-state index is 0.239. The number of carbonyl (C=O) groups is 1. The zero-order chi connectivity index (χ0) is 42.8. The maximum absolute atomic E-state index is 12.9. The first-order valence-corrected chi connectivity index (χ1v) is 20.9. The highest BCUT2D eigenvalue weighted by atomic mass is 16.8. The molecule has 12 N–H and O–H groups in total. The SMILES string of the molecule is CCCCCCCC/C=C/C(O)C(COC1OC(CO)C(OC2OC(CO)C(OC3OC(CO)C(O)C(O)C3O)C(O)C2O)C(O)C1O)NC(=O)CCCCCCC. The molecule has 3 rings (SSSR count). The van der Waals surface area contributed by atoms with Crippen LogP contribution >= 0.6 is 0 Å². The van der Waals surface area contributed by atoms with Crippen LogP contribution in [0, 0.1) is 0 Å². The molecule has 0 spiro atoms. The van der Waals surface area contributed by atoms with E-state index in [0.717, 1.165) is 57.8 Å². The van der Waals surface area contributed by atoms with Gasteiger partial charge >= 0.3 is 0 Å². The Labute approximate surface area is 340 Å². The smallest absolute Gasteiger partial charge is 0.220 e. The van der Waals surface area contributed by atoms with Gasteiger partial charge in [0.1, 0.15) is 73.2 Å². The average Bonchev–Trinajstić information content (AvgIpc) is 3.21. The van der Waals surface area contributed by atoms with Gasteiger partial charge in [0, 0.05) is 6.42 Å². The summed E-state index contributed by atoms with van der Waals surface area (Å²) in [5, 5.41) is 118. The number of hydrogen-bond acceptors (Lipinski definition) is 18. The molecule has 3 fully saturated rings. The van der Waals surface area contributed by atoms with Crippen molar-refractivity contribution in [3.8, 4) is 0 Å². The van der Waals surface area contributed by atoms with Crippen molar-refractivity contribution in [2.75, 3.05) is 26.4 Å². The van der Waals surface area contributed by atoms with Crippen molar-refractivity contribution >= 4 is 5.91 Å². The molecule has 0 aromatic heterocycles. The quantitative estimate of drug-likeness (QED) is 0.0330. The minimum Gasteiger partial charge on any atom is -0.394 e. The van der Waals surface area contributed by atoms with Crippen LogP contribution in [0.1, 0.15) is 97.3 Å². The van der Waals surface area contributed by atoms with Crippen molar-refractivity contribution in [3.05, 3.63) is 12.2 Å². The molecule has 0 saturated carbocycles. The molecule has 3 saturated heterocycles. The lowest BCUT2D eigenvalue weighted by Gasteiger charge is -2.48. The van der Waals surface area contributed by atoms with E-state index in [1.54, 1.807) is 6.08 Å². The zero-order valence-corrected chi connectivity index (χ0v) is 33.8. The molecule has 340 valence electrons. The number of carbonyl (C=O) groups excluding carboxylic acids is 1. The second kappa shape index (κ2) is 26.8. The fraction of sp³-hybridized carbons (Fsp3) is 0.923. The Morgan fingerprint density at radius 2 is 1.07 bits per heavy atom. The first-order chi connectivity index (χ1) is 27.8. The Hall–Kier alpha value is -1.47. The summed E-state index contributed by atoms with van der Waals surface area (Å²) >= 11 is 0. The van der Waals surface area contributed by atoms with Crippen LogP contribution in [-0.2, 0) is 33.2 Å². The van der Waals surface area contributed by atoms with Crippen molar-refractivity contribution in [2.45, 2.75) is 202 Å². The number of hydrogen-bond donors (Lipinski definition) is 12. The summed E-state index contributed by atoms with van der Waals surface area (Å²) in [6.07, 6.45) is -11.0. The molecule has 17 atom stereocenters. The van der Waals surface area contributed by atoms with Gasteiger partial charge in [-0.25, -0.2) is 0 Å². The largest absolute Gasteiger partial charge is 0.394 e. The van der Waals surface area contributed by atoms with Gasteiger partial charge in [-0.05, 0) is 19.3 Å². The van der Waals surface area contributed by atoms with Gasteiger partial charge in [0.2, 0.25) is 5.91 Å². The molecule has 19 nitrogen and oxygen atoms in total. The summed E-state index contributed by atoms with van der Waals surface area (Å²) in [5.74, 6) is -0.296. The van der Waals surface area contributed by atoms with Crippen LogP contribution in [0.4, 0.5) is 0 Å². The van der Waals surface area contributed by atoms with E-state index in [-0.39, 0.29) is 18.9 Å². The highest BCUT2D eigenvalue weighted by Crippen LogP contribution is 2.32. The Morgan fingerprint density at radius 3 is 1.62 bits per heavy atom. The monoisotopic (exact) mass is 841 g/mol. The number of ether oxygens (including phenoxy) is 6. The molecule has 0 aromatic rings. The van der Waals surface area contributed by atoms with Gasteiger partial charge in [-0.3, -0.25) is 4.79 Å². The summed E-state index contributed by atoms with van der Waals surface area (Å²) in [4.78, 5) is 12.9. The molecule has 17 unspecified atom stereocenters. The Bertz CT molecular complexity index is 1150. The van der Waals surface area contributed by atoms with Crippen molar-refractivity contribution in [1.29, 1.82) is 0 Å². The Morgan fingerprint density at radius 1 is 0.603 bits per heavy atom. The molecule has 3 heterocycles. The van der Waals surface area contributed by atoms with Gasteiger partial charge < -0.3 is 89.9 Å². The lowest BCUT2D eigenvalue weighted by Crippen LogP contribution is -2.66. The second-order valence-corrected chi connectivity index (χ2v) is 15.5. The number of unbranched alkanes of at least 4 members (excludes halogenated alkanes) is 10. The van der Waals surface area contributed by atoms with Crippen molar-refractivity contribution in [3.63, 3.8) is 0 Å². The molecule has 19 heteroatoms. The van der Waals surface area contributed by atoms with Gasteiger partial charge in [0.05, 0.1) is 38.6 Å². The summed E-state index contributed by atoms with van der Waals surface area (Å²) in [6.45, 7) is 1.49. The number of rotatable bonds is 26. The number of allylic oxidation sites excluding steroid dienone is 1. The van der Waals surface area contributed by atoms with E-state index in [4.69, 9.17) is 28.4 Å². The van der Waals surface area contributed by atoms with E-state index in [1.807, 2.05) is 6.08 Å². The third-order valence-electron chi connectivity index (χ3n) is 10.8. The first-order valence-electron chi connectivity index (χ1n) is 20.9. The topological polar surface area (TPSA) is 307 Å². The van der Waals surface area contributed by atoms with E-state index in [2.05, 4.69) is 19.2 Å². The number of aliphatic hydroxyl groups is 11. The van der Waals surface area contributed by atoms with Crippen LogP contribution < -0.4 is 5.32 Å². The maximum atomic E-state index is 12.9. The molecular formula is C39H71NO18. The standard InChI is InChI=1S/C39H71NO18/c1-3-5-7-9-10-11-13-14-16-23(44)22(40-27(45)17-15-12-8-6-4-2)21-53-37-33(51)30(48)35(25(19-42)55-37)58-39-34(52)31(49)36(26(20-43)56-39)57-38-32(50)29(47)28(46)24(18-41)54-38/h14,16,22-26,28-39,41-44,46-52H,3-13,15,17-21H2,1-2H3,(H,40,45)/b16-14+. The van der Waals surface area contributed by atoms with Crippen molar-refractivity contribution in [1.82, 2.24) is 5.32 Å². The average molecular weight is 842 g/mol. The van der Waals surface area contributed by atoms with Gasteiger partial charge in [0.25, 0.3) is 0 Å².